The summed E-state index contributed by atoms with van der Waals surface area (Å²) in [5.41, 5.74) is 9.50. The number of carbonyl (C=O) groups excluding carboxylic acids is 2. The van der Waals surface area contributed by atoms with Gasteiger partial charge in [-0.3, -0.25) is 4.79 Å². The largest absolute Gasteiger partial charge is 0.348 e. The molecule has 1 heterocycles. The molecule has 7 rings (SSSR count). The lowest BCUT2D eigenvalue weighted by molar-refractivity contribution is -0.127. The summed E-state index contributed by atoms with van der Waals surface area (Å²) in [4.78, 5) is 27.4. The first-order chi connectivity index (χ1) is 17.0. The Hall–Kier alpha value is -3.22. The molecule has 2 aliphatic carbocycles. The lowest BCUT2D eigenvalue weighted by Crippen LogP contribution is -2.44. The molecule has 0 aromatic heterocycles. The molecule has 0 saturated carbocycles. The first-order valence-electron chi connectivity index (χ1n) is 11.4. The minimum Gasteiger partial charge on any atom is -0.270 e. The maximum atomic E-state index is 14.2. The van der Waals surface area contributed by atoms with E-state index in [0.29, 0.717) is 12.8 Å². The predicted octanol–water partition coefficient (Wildman–Crippen LogP) is 6.96. The molecule has 4 aromatic rings. The number of halogens is 2. The van der Waals surface area contributed by atoms with Crippen molar-refractivity contribution in [3.05, 3.63) is 118 Å². The third-order valence-electron chi connectivity index (χ3n) is 7.60. The Morgan fingerprint density at radius 1 is 0.600 bits per heavy atom. The van der Waals surface area contributed by atoms with Gasteiger partial charge in [0.2, 0.25) is 0 Å². The lowest BCUT2D eigenvalue weighted by atomic mass is 9.76. The Kier molecular flexibility index (Phi) is 4.45. The van der Waals surface area contributed by atoms with Crippen LogP contribution in [-0.2, 0) is 23.2 Å². The van der Waals surface area contributed by atoms with Gasteiger partial charge < -0.3 is 0 Å². The highest BCUT2D eigenvalue weighted by atomic mass is 79.9. The fraction of sp³-hybridized carbons (Fsp3) is 0.103. The molecule has 4 aromatic carbocycles. The minimum absolute atomic E-state index is 0.326. The fourth-order valence-electron chi connectivity index (χ4n) is 6.11. The minimum atomic E-state index is -1.35. The molecule has 1 fully saturated rings. The van der Waals surface area contributed by atoms with Crippen molar-refractivity contribution in [1.29, 1.82) is 0 Å². The van der Waals surface area contributed by atoms with Crippen molar-refractivity contribution < 1.29 is 9.59 Å². The number of benzene rings is 4. The van der Waals surface area contributed by atoms with E-state index in [1.165, 1.54) is 26.2 Å². The second-order valence-electron chi connectivity index (χ2n) is 9.19. The number of fused-ring (bicyclic) bond motifs is 6. The molecule has 0 N–H and O–H groups in total. The van der Waals surface area contributed by atoms with Gasteiger partial charge in [0.1, 0.15) is 0 Å². The number of imide groups is 1. The normalized spacial score (nSPS) is 16.9. The van der Waals surface area contributed by atoms with E-state index in [-0.39, 0.29) is 5.91 Å². The van der Waals surface area contributed by atoms with E-state index >= 15 is 0 Å². The zero-order valence-corrected chi connectivity index (χ0v) is 21.6. The van der Waals surface area contributed by atoms with Crippen LogP contribution in [-0.4, -0.2) is 19.8 Å². The van der Waals surface area contributed by atoms with Gasteiger partial charge >= 0.3 is 6.03 Å². The van der Waals surface area contributed by atoms with E-state index in [0.717, 1.165) is 37.3 Å². The molecule has 6 heteroatoms. The third-order valence-corrected chi connectivity index (χ3v) is 9.06. The standard InChI is InChI=1S/C29H18Br2N2O2/c30-32-27(34)29(33(31)28(32)35,25-13-5-11-21-19-9-3-1-7-17(19)15-23(21)25)26-14-6-12-22-20-10-4-2-8-18(20)16-24(22)26/h1-14H,15-16H2. The van der Waals surface area contributed by atoms with E-state index in [1.54, 1.807) is 0 Å². The van der Waals surface area contributed by atoms with Crippen LogP contribution in [0.4, 0.5) is 4.79 Å². The number of hydrogen-bond acceptors (Lipinski definition) is 2. The van der Waals surface area contributed by atoms with Crippen molar-refractivity contribution in [3.63, 3.8) is 0 Å². The first-order valence-corrected chi connectivity index (χ1v) is 12.9. The van der Waals surface area contributed by atoms with Crippen molar-refractivity contribution >= 4 is 44.2 Å². The average Bonchev–Trinajstić information content (AvgIpc) is 3.51. The van der Waals surface area contributed by atoms with Crippen LogP contribution < -0.4 is 0 Å². The van der Waals surface area contributed by atoms with E-state index < -0.39 is 11.6 Å². The number of hydrogen-bond donors (Lipinski definition) is 0. The van der Waals surface area contributed by atoms with Crippen LogP contribution in [0.25, 0.3) is 22.3 Å². The van der Waals surface area contributed by atoms with Gasteiger partial charge in [0.25, 0.3) is 5.91 Å². The Balaban J connectivity index is 1.55. The summed E-state index contributed by atoms with van der Waals surface area (Å²) < 4.78 is 2.47. The molecular weight excluding hydrogens is 568 g/mol. The van der Waals surface area contributed by atoms with Gasteiger partial charge in [-0.25, -0.2) is 8.72 Å². The van der Waals surface area contributed by atoms with Gasteiger partial charge in [-0.15, -0.1) is 0 Å². The summed E-state index contributed by atoms with van der Waals surface area (Å²) in [7, 11) is 0. The Labute approximate surface area is 219 Å². The highest BCUT2D eigenvalue weighted by molar-refractivity contribution is 9.08. The molecule has 35 heavy (non-hydrogen) atoms. The van der Waals surface area contributed by atoms with E-state index in [1.807, 2.05) is 48.5 Å². The number of urea groups is 1. The summed E-state index contributed by atoms with van der Waals surface area (Å²) in [6.45, 7) is 0. The van der Waals surface area contributed by atoms with Crippen LogP contribution in [0.15, 0.2) is 84.9 Å². The molecule has 4 nitrogen and oxygen atoms in total. The molecule has 170 valence electrons. The first kappa shape index (κ1) is 21.1. The highest BCUT2D eigenvalue weighted by Gasteiger charge is 2.61. The van der Waals surface area contributed by atoms with Gasteiger partial charge in [0.15, 0.2) is 5.54 Å². The van der Waals surface area contributed by atoms with Gasteiger partial charge in [-0.05, 0) is 68.5 Å². The van der Waals surface area contributed by atoms with Gasteiger partial charge in [0.05, 0.1) is 32.3 Å². The molecular formula is C29H18Br2N2O2. The molecule has 0 unspecified atom stereocenters. The summed E-state index contributed by atoms with van der Waals surface area (Å²) in [5.74, 6) is -0.326. The summed E-state index contributed by atoms with van der Waals surface area (Å²) in [6, 6.07) is 28.4. The van der Waals surface area contributed by atoms with E-state index in [2.05, 4.69) is 68.7 Å². The van der Waals surface area contributed by atoms with Crippen LogP contribution in [0.5, 0.6) is 0 Å². The average molecular weight is 586 g/mol. The van der Waals surface area contributed by atoms with E-state index in [9.17, 15) is 9.59 Å². The van der Waals surface area contributed by atoms with Crippen molar-refractivity contribution in [2.75, 3.05) is 0 Å². The predicted molar refractivity (Wildman–Crippen MR) is 142 cm³/mol. The van der Waals surface area contributed by atoms with Crippen LogP contribution in [0.3, 0.4) is 0 Å². The second kappa shape index (κ2) is 7.39. The van der Waals surface area contributed by atoms with Gasteiger partial charge in [-0.1, -0.05) is 84.9 Å². The third kappa shape index (κ3) is 2.61. The maximum Gasteiger partial charge on any atom is 0.348 e. The number of carbonyl (C=O) groups is 2. The molecule has 0 bridgehead atoms. The highest BCUT2D eigenvalue weighted by Crippen LogP contribution is 2.53. The topological polar surface area (TPSA) is 40.6 Å². The van der Waals surface area contributed by atoms with Crippen LogP contribution in [0, 0.1) is 0 Å². The Bertz CT molecular complexity index is 1500. The Morgan fingerprint density at radius 2 is 1.06 bits per heavy atom. The van der Waals surface area contributed by atoms with Crippen LogP contribution >= 0.6 is 32.3 Å². The van der Waals surface area contributed by atoms with E-state index in [4.69, 9.17) is 0 Å². The molecule has 3 aliphatic rings. The summed E-state index contributed by atoms with van der Waals surface area (Å²) in [5, 5.41) is 0. The zero-order chi connectivity index (χ0) is 23.9. The fourth-order valence-corrected chi connectivity index (χ4v) is 7.43. The van der Waals surface area contributed by atoms with Crippen molar-refractivity contribution in [3.8, 4) is 22.3 Å². The molecule has 1 aliphatic heterocycles. The van der Waals surface area contributed by atoms with Crippen LogP contribution in [0.1, 0.15) is 33.4 Å². The Morgan fingerprint density at radius 3 is 1.51 bits per heavy atom. The smallest absolute Gasteiger partial charge is 0.270 e. The van der Waals surface area contributed by atoms with Crippen molar-refractivity contribution in [2.24, 2.45) is 0 Å². The molecule has 0 atom stereocenters. The molecule has 0 spiro atoms. The second-order valence-corrected chi connectivity index (χ2v) is 10.6. The van der Waals surface area contributed by atoms with Crippen molar-refractivity contribution in [1.82, 2.24) is 7.85 Å². The monoisotopic (exact) mass is 584 g/mol. The molecule has 0 radical (unpaired) electrons. The lowest BCUT2D eigenvalue weighted by Gasteiger charge is -2.35. The molecule has 1 saturated heterocycles. The quantitative estimate of drug-likeness (QED) is 0.163. The summed E-state index contributed by atoms with van der Waals surface area (Å²) in [6.07, 6.45) is 1.42. The van der Waals surface area contributed by atoms with Crippen molar-refractivity contribution in [2.45, 2.75) is 18.4 Å². The zero-order valence-electron chi connectivity index (χ0n) is 18.5. The SMILES string of the molecule is O=C1N(Br)C(=O)C(c2cccc3c2Cc2ccccc2-3)(c2cccc3c2Cc2ccccc2-3)N1Br. The van der Waals surface area contributed by atoms with Gasteiger partial charge in [0, 0.05) is 0 Å². The number of nitrogens with zero attached hydrogens (tertiary/aromatic N) is 2. The summed E-state index contributed by atoms with van der Waals surface area (Å²) >= 11 is 6.82. The number of amides is 3. The molecule has 3 amide bonds. The number of rotatable bonds is 2. The van der Waals surface area contributed by atoms with Gasteiger partial charge in [-0.2, -0.15) is 3.93 Å². The van der Waals surface area contributed by atoms with Crippen LogP contribution in [0.2, 0.25) is 0 Å². The maximum absolute atomic E-state index is 14.2.